The maximum atomic E-state index is 6.18. The molecule has 108 valence electrons. The van der Waals surface area contributed by atoms with Crippen molar-refractivity contribution in [3.8, 4) is 22.8 Å². The van der Waals surface area contributed by atoms with Gasteiger partial charge in [-0.15, -0.1) is 11.3 Å². The zero-order valence-corrected chi connectivity index (χ0v) is 13.3. The van der Waals surface area contributed by atoms with Crippen molar-refractivity contribution in [2.24, 2.45) is 0 Å². The molecular weight excluding hydrogens is 296 g/mol. The summed E-state index contributed by atoms with van der Waals surface area (Å²) < 4.78 is 10.6. The number of nitrogens with zero attached hydrogens (tertiary/aromatic N) is 1. The van der Waals surface area contributed by atoms with Crippen LogP contribution >= 0.6 is 22.9 Å². The first kappa shape index (κ1) is 15.1. The fraction of sp³-hybridized carbons (Fsp3) is 0.357. The van der Waals surface area contributed by atoms with E-state index in [1.165, 1.54) is 0 Å². The van der Waals surface area contributed by atoms with E-state index >= 15 is 0 Å². The maximum absolute atomic E-state index is 6.18. The molecule has 0 amide bonds. The van der Waals surface area contributed by atoms with E-state index in [1.54, 1.807) is 31.6 Å². The summed E-state index contributed by atoms with van der Waals surface area (Å²) in [4.78, 5) is 4.62. The topological polar surface area (TPSA) is 43.4 Å². The van der Waals surface area contributed by atoms with E-state index in [1.807, 2.05) is 18.5 Å². The van der Waals surface area contributed by atoms with E-state index in [0.29, 0.717) is 16.5 Å². The van der Waals surface area contributed by atoms with E-state index in [-0.39, 0.29) is 0 Å². The molecule has 0 bridgehead atoms. The van der Waals surface area contributed by atoms with Crippen LogP contribution in [0, 0.1) is 0 Å². The minimum Gasteiger partial charge on any atom is -0.496 e. The van der Waals surface area contributed by atoms with Crippen molar-refractivity contribution >= 4 is 22.9 Å². The van der Waals surface area contributed by atoms with Crippen LogP contribution in [0.15, 0.2) is 17.5 Å². The molecule has 0 aliphatic rings. The molecule has 2 aromatic rings. The monoisotopic (exact) mass is 312 g/mol. The molecule has 2 rings (SSSR count). The van der Waals surface area contributed by atoms with Crippen LogP contribution in [0.5, 0.6) is 11.5 Å². The number of hydrogen-bond acceptors (Lipinski definition) is 5. The Balaban J connectivity index is 2.36. The molecule has 4 nitrogen and oxygen atoms in total. The van der Waals surface area contributed by atoms with Crippen LogP contribution in [0.2, 0.25) is 5.02 Å². The summed E-state index contributed by atoms with van der Waals surface area (Å²) in [6, 6.07) is 3.61. The Labute approximate surface area is 127 Å². The van der Waals surface area contributed by atoms with Crippen molar-refractivity contribution in [1.29, 1.82) is 0 Å². The Hall–Kier alpha value is -1.30. The van der Waals surface area contributed by atoms with Crippen LogP contribution < -0.4 is 14.8 Å². The Morgan fingerprint density at radius 2 is 2.00 bits per heavy atom. The highest BCUT2D eigenvalue weighted by Crippen LogP contribution is 2.38. The van der Waals surface area contributed by atoms with Crippen LogP contribution in [0.25, 0.3) is 11.3 Å². The van der Waals surface area contributed by atoms with Crippen molar-refractivity contribution in [3.63, 3.8) is 0 Å². The molecule has 1 aromatic carbocycles. The van der Waals surface area contributed by atoms with Crippen molar-refractivity contribution in [2.45, 2.75) is 6.42 Å². The maximum Gasteiger partial charge on any atom is 0.141 e. The van der Waals surface area contributed by atoms with Gasteiger partial charge in [-0.25, -0.2) is 4.98 Å². The molecule has 0 radical (unpaired) electrons. The van der Waals surface area contributed by atoms with Gasteiger partial charge in [0.1, 0.15) is 11.5 Å². The Kier molecular flexibility index (Phi) is 5.23. The highest BCUT2D eigenvalue weighted by molar-refractivity contribution is 7.09. The van der Waals surface area contributed by atoms with E-state index < -0.39 is 0 Å². The number of nitrogens with one attached hydrogen (secondary N) is 1. The number of halogens is 1. The van der Waals surface area contributed by atoms with E-state index in [0.717, 1.165) is 29.2 Å². The average Bonchev–Trinajstić information content (AvgIpc) is 2.93. The molecule has 20 heavy (non-hydrogen) atoms. The molecule has 0 aliphatic carbocycles. The van der Waals surface area contributed by atoms with Crippen molar-refractivity contribution in [3.05, 3.63) is 27.5 Å². The highest BCUT2D eigenvalue weighted by atomic mass is 35.5. The first-order valence-electron chi connectivity index (χ1n) is 6.20. The molecule has 1 aromatic heterocycles. The number of aromatic nitrogens is 1. The molecule has 0 saturated carbocycles. The number of hydrogen-bond donors (Lipinski definition) is 1. The Morgan fingerprint density at radius 3 is 2.65 bits per heavy atom. The van der Waals surface area contributed by atoms with Crippen molar-refractivity contribution < 1.29 is 9.47 Å². The van der Waals surface area contributed by atoms with Gasteiger partial charge in [0.05, 0.1) is 29.9 Å². The number of likely N-dealkylation sites (N-methyl/N-ethyl adjacent to an activating group) is 1. The minimum atomic E-state index is 0.549. The third-order valence-electron chi connectivity index (χ3n) is 2.89. The highest BCUT2D eigenvalue weighted by Gasteiger charge is 2.14. The summed E-state index contributed by atoms with van der Waals surface area (Å²) in [5.41, 5.74) is 1.76. The first-order chi connectivity index (χ1) is 9.69. The predicted molar refractivity (Wildman–Crippen MR) is 83.3 cm³/mol. The summed E-state index contributed by atoms with van der Waals surface area (Å²) in [6.45, 7) is 0.910. The normalized spacial score (nSPS) is 10.6. The van der Waals surface area contributed by atoms with Crippen molar-refractivity contribution in [1.82, 2.24) is 10.3 Å². The summed E-state index contributed by atoms with van der Waals surface area (Å²) in [7, 11) is 5.14. The molecule has 0 fully saturated rings. The number of ether oxygens (including phenoxy) is 2. The van der Waals surface area contributed by atoms with Gasteiger partial charge in [0.25, 0.3) is 0 Å². The summed E-state index contributed by atoms with van der Waals surface area (Å²) >= 11 is 7.82. The van der Waals surface area contributed by atoms with Crippen LogP contribution in [-0.2, 0) is 6.42 Å². The predicted octanol–water partition coefficient (Wildman–Crippen LogP) is 3.24. The van der Waals surface area contributed by atoms with Gasteiger partial charge < -0.3 is 14.8 Å². The molecule has 0 spiro atoms. The third-order valence-corrected chi connectivity index (χ3v) is 4.09. The van der Waals surface area contributed by atoms with Gasteiger partial charge in [-0.1, -0.05) is 11.6 Å². The molecular formula is C14H17ClN2O2S. The van der Waals surface area contributed by atoms with Gasteiger partial charge in [-0.05, 0) is 13.1 Å². The molecule has 0 saturated heterocycles. The lowest BCUT2D eigenvalue weighted by molar-refractivity contribution is 0.395. The Morgan fingerprint density at radius 1 is 1.25 bits per heavy atom. The lowest BCUT2D eigenvalue weighted by atomic mass is 10.1. The largest absolute Gasteiger partial charge is 0.496 e. The van der Waals surface area contributed by atoms with E-state index in [4.69, 9.17) is 21.1 Å². The van der Waals surface area contributed by atoms with Gasteiger partial charge in [0.2, 0.25) is 0 Å². The van der Waals surface area contributed by atoms with E-state index in [9.17, 15) is 0 Å². The van der Waals surface area contributed by atoms with Gasteiger partial charge >= 0.3 is 0 Å². The van der Waals surface area contributed by atoms with Gasteiger partial charge in [0.15, 0.2) is 0 Å². The van der Waals surface area contributed by atoms with Gasteiger partial charge in [-0.3, -0.25) is 0 Å². The summed E-state index contributed by atoms with van der Waals surface area (Å²) in [5, 5.41) is 6.77. The molecule has 1 N–H and O–H groups in total. The molecule has 6 heteroatoms. The number of methoxy groups -OCH3 is 2. The third kappa shape index (κ3) is 3.23. The number of thiazole rings is 1. The number of benzene rings is 1. The van der Waals surface area contributed by atoms with Crippen molar-refractivity contribution in [2.75, 3.05) is 27.8 Å². The van der Waals surface area contributed by atoms with Gasteiger partial charge in [0, 0.05) is 30.0 Å². The van der Waals surface area contributed by atoms with Crippen LogP contribution in [0.3, 0.4) is 0 Å². The molecule has 1 heterocycles. The standard InChI is InChI=1S/C14H17ClN2O2S/c1-16-5-4-14-17-11(8-20-14)9-6-10(15)13(19-3)7-12(9)18-2/h6-8,16H,4-5H2,1-3H3. The molecule has 0 aliphatic heterocycles. The quantitative estimate of drug-likeness (QED) is 0.889. The summed E-state index contributed by atoms with van der Waals surface area (Å²) in [5.74, 6) is 1.30. The molecule has 0 unspecified atom stereocenters. The zero-order valence-electron chi connectivity index (χ0n) is 11.7. The SMILES string of the molecule is CNCCc1nc(-c2cc(Cl)c(OC)cc2OC)cs1. The second-order valence-corrected chi connectivity index (χ2v) is 5.52. The van der Waals surface area contributed by atoms with Gasteiger partial charge in [-0.2, -0.15) is 0 Å². The second kappa shape index (κ2) is 6.92. The zero-order chi connectivity index (χ0) is 14.5. The van der Waals surface area contributed by atoms with E-state index in [2.05, 4.69) is 10.3 Å². The first-order valence-corrected chi connectivity index (χ1v) is 7.46. The fourth-order valence-corrected chi connectivity index (χ4v) is 2.88. The fourth-order valence-electron chi connectivity index (χ4n) is 1.84. The second-order valence-electron chi connectivity index (χ2n) is 4.17. The smallest absolute Gasteiger partial charge is 0.141 e. The molecule has 0 atom stereocenters. The van der Waals surface area contributed by atoms with Crippen LogP contribution in [0.1, 0.15) is 5.01 Å². The average molecular weight is 313 g/mol. The lowest BCUT2D eigenvalue weighted by Gasteiger charge is -2.10. The number of rotatable bonds is 6. The lowest BCUT2D eigenvalue weighted by Crippen LogP contribution is -2.09. The Bertz CT molecular complexity index is 587. The van der Waals surface area contributed by atoms with Crippen LogP contribution in [-0.4, -0.2) is 32.8 Å². The summed E-state index contributed by atoms with van der Waals surface area (Å²) in [6.07, 6.45) is 0.910. The minimum absolute atomic E-state index is 0.549. The van der Waals surface area contributed by atoms with Crippen LogP contribution in [0.4, 0.5) is 0 Å².